The number of Topliss-reactive ketones (excluding diaryl/α,β-unsaturated/α-hetero) is 1. The van der Waals surface area contributed by atoms with E-state index in [-0.39, 0.29) is 11.3 Å². The molecule has 1 heterocycles. The molecule has 33 heavy (non-hydrogen) atoms. The Labute approximate surface area is 192 Å². The minimum atomic E-state index is -0.817. The number of aliphatic hydroxyl groups is 1. The molecule has 4 rings (SSSR count). The zero-order valence-electron chi connectivity index (χ0n) is 19.0. The van der Waals surface area contributed by atoms with E-state index in [1.54, 1.807) is 49.6 Å². The Morgan fingerprint density at radius 1 is 0.909 bits per heavy atom. The first-order valence-electron chi connectivity index (χ1n) is 10.5. The highest BCUT2D eigenvalue weighted by Crippen LogP contribution is 2.45. The van der Waals surface area contributed by atoms with E-state index >= 15 is 0 Å². The molecule has 3 aromatic rings. The first kappa shape index (κ1) is 22.1. The Morgan fingerprint density at radius 3 is 2.33 bits per heavy atom. The number of para-hydroxylation sites is 2. The number of carbonyl (C=O) groups is 2. The van der Waals surface area contributed by atoms with Gasteiger partial charge in [-0.3, -0.25) is 14.5 Å². The van der Waals surface area contributed by atoms with Gasteiger partial charge in [-0.05, 0) is 55.3 Å². The fraction of sp³-hybridized carbons (Fsp3) is 0.185. The number of aliphatic hydroxyl groups excluding tert-OH is 1. The van der Waals surface area contributed by atoms with Crippen LogP contribution in [0, 0.1) is 13.8 Å². The average molecular weight is 443 g/mol. The molecule has 0 bridgehead atoms. The predicted octanol–water partition coefficient (Wildman–Crippen LogP) is 4.95. The second-order valence-corrected chi connectivity index (χ2v) is 7.94. The smallest absolute Gasteiger partial charge is 0.300 e. The minimum absolute atomic E-state index is 0.0322. The lowest BCUT2D eigenvalue weighted by atomic mass is 9.93. The number of ketones is 1. The lowest BCUT2D eigenvalue weighted by molar-refractivity contribution is -0.132. The molecular weight excluding hydrogens is 418 g/mol. The molecule has 6 heteroatoms. The number of amides is 1. The molecule has 1 N–H and O–H groups in total. The summed E-state index contributed by atoms with van der Waals surface area (Å²) in [5.74, 6) is -0.609. The molecule has 0 aliphatic carbocycles. The summed E-state index contributed by atoms with van der Waals surface area (Å²) < 4.78 is 10.7. The number of methoxy groups -OCH3 is 2. The van der Waals surface area contributed by atoms with Crippen LogP contribution in [0.2, 0.25) is 0 Å². The summed E-state index contributed by atoms with van der Waals surface area (Å²) in [5.41, 5.74) is 3.36. The van der Waals surface area contributed by atoms with Gasteiger partial charge in [0, 0.05) is 5.56 Å². The lowest BCUT2D eigenvalue weighted by Gasteiger charge is -2.27. The number of nitrogens with zero attached hydrogens (tertiary/aromatic N) is 1. The van der Waals surface area contributed by atoms with Gasteiger partial charge in [0.05, 0.1) is 31.5 Å². The molecule has 0 spiro atoms. The molecule has 1 aliphatic rings. The highest BCUT2D eigenvalue weighted by Gasteiger charge is 2.47. The number of carbonyl (C=O) groups excluding carboxylic acids is 2. The van der Waals surface area contributed by atoms with Crippen LogP contribution in [-0.4, -0.2) is 31.0 Å². The molecule has 6 nitrogen and oxygen atoms in total. The maximum Gasteiger partial charge on any atom is 0.300 e. The summed E-state index contributed by atoms with van der Waals surface area (Å²) in [6.45, 7) is 3.75. The summed E-state index contributed by atoms with van der Waals surface area (Å²) in [4.78, 5) is 28.1. The zero-order valence-corrected chi connectivity index (χ0v) is 19.0. The molecule has 3 aromatic carbocycles. The number of hydrogen-bond acceptors (Lipinski definition) is 5. The summed E-state index contributed by atoms with van der Waals surface area (Å²) in [5, 5.41) is 11.4. The first-order valence-corrected chi connectivity index (χ1v) is 10.5. The largest absolute Gasteiger partial charge is 0.507 e. The van der Waals surface area contributed by atoms with Gasteiger partial charge in [0.2, 0.25) is 0 Å². The van der Waals surface area contributed by atoms with Crippen molar-refractivity contribution in [3.05, 3.63) is 94.6 Å². The van der Waals surface area contributed by atoms with Crippen LogP contribution in [0.25, 0.3) is 5.76 Å². The van der Waals surface area contributed by atoms with Gasteiger partial charge in [-0.25, -0.2) is 0 Å². The van der Waals surface area contributed by atoms with Crippen LogP contribution in [0.15, 0.2) is 72.3 Å². The Balaban J connectivity index is 1.99. The second-order valence-electron chi connectivity index (χ2n) is 7.94. The average Bonchev–Trinajstić information content (AvgIpc) is 3.08. The van der Waals surface area contributed by atoms with Crippen molar-refractivity contribution < 1.29 is 24.2 Å². The standard InChI is InChI=1S/C27H25NO5/c1-16-8-7-9-18(14-16)24-23(25(29)20-13-12-19(32-3)15-17(20)2)26(30)27(31)28(24)21-10-5-6-11-22(21)33-4/h5-15,24,29H,1-4H3/b25-23-. The third-order valence-electron chi connectivity index (χ3n) is 5.84. The third kappa shape index (κ3) is 3.84. The van der Waals surface area contributed by atoms with E-state index in [0.29, 0.717) is 28.3 Å². The molecular formula is C27H25NO5. The van der Waals surface area contributed by atoms with Crippen LogP contribution in [0.1, 0.15) is 28.3 Å². The van der Waals surface area contributed by atoms with E-state index in [9.17, 15) is 14.7 Å². The van der Waals surface area contributed by atoms with Crippen molar-refractivity contribution in [1.29, 1.82) is 0 Å². The van der Waals surface area contributed by atoms with Gasteiger partial charge in [-0.2, -0.15) is 0 Å². The van der Waals surface area contributed by atoms with Crippen molar-refractivity contribution in [2.75, 3.05) is 19.1 Å². The minimum Gasteiger partial charge on any atom is -0.507 e. The molecule has 1 amide bonds. The number of aryl methyl sites for hydroxylation is 2. The topological polar surface area (TPSA) is 76.1 Å². The summed E-state index contributed by atoms with van der Waals surface area (Å²) in [7, 11) is 3.07. The fourth-order valence-electron chi connectivity index (χ4n) is 4.24. The Bertz CT molecular complexity index is 1280. The number of anilines is 1. The second kappa shape index (κ2) is 8.82. The van der Waals surface area contributed by atoms with Crippen LogP contribution in [0.4, 0.5) is 5.69 Å². The Morgan fingerprint density at radius 2 is 1.67 bits per heavy atom. The van der Waals surface area contributed by atoms with Gasteiger partial charge < -0.3 is 14.6 Å². The van der Waals surface area contributed by atoms with Crippen molar-refractivity contribution in [1.82, 2.24) is 0 Å². The fourth-order valence-corrected chi connectivity index (χ4v) is 4.24. The van der Waals surface area contributed by atoms with Gasteiger partial charge in [-0.1, -0.05) is 42.0 Å². The summed E-state index contributed by atoms with van der Waals surface area (Å²) in [6, 6.07) is 18.9. The molecule has 1 atom stereocenters. The van der Waals surface area contributed by atoms with Crippen LogP contribution < -0.4 is 14.4 Å². The van der Waals surface area contributed by atoms with E-state index in [1.165, 1.54) is 12.0 Å². The van der Waals surface area contributed by atoms with Gasteiger partial charge in [0.1, 0.15) is 17.3 Å². The number of benzene rings is 3. The third-order valence-corrected chi connectivity index (χ3v) is 5.84. The maximum atomic E-state index is 13.3. The van der Waals surface area contributed by atoms with Gasteiger partial charge >= 0.3 is 0 Å². The van der Waals surface area contributed by atoms with Crippen LogP contribution in [-0.2, 0) is 9.59 Å². The highest BCUT2D eigenvalue weighted by atomic mass is 16.5. The van der Waals surface area contributed by atoms with Gasteiger partial charge in [0.15, 0.2) is 0 Å². The van der Waals surface area contributed by atoms with Crippen LogP contribution in [0.5, 0.6) is 11.5 Å². The molecule has 1 saturated heterocycles. The predicted molar refractivity (Wildman–Crippen MR) is 127 cm³/mol. The Hall–Kier alpha value is -4.06. The summed E-state index contributed by atoms with van der Waals surface area (Å²) in [6.07, 6.45) is 0. The monoisotopic (exact) mass is 443 g/mol. The molecule has 0 aromatic heterocycles. The SMILES string of the molecule is COc1ccc(/C(O)=C2/C(=O)C(=O)N(c3ccccc3OC)C2c2cccc(C)c2)c(C)c1. The van der Waals surface area contributed by atoms with Crippen molar-refractivity contribution in [2.24, 2.45) is 0 Å². The summed E-state index contributed by atoms with van der Waals surface area (Å²) >= 11 is 0. The Kier molecular flexibility index (Phi) is 5.92. The molecule has 1 aliphatic heterocycles. The van der Waals surface area contributed by atoms with Crippen molar-refractivity contribution in [3.8, 4) is 11.5 Å². The van der Waals surface area contributed by atoms with Crippen LogP contribution in [0.3, 0.4) is 0 Å². The first-order chi connectivity index (χ1) is 15.9. The number of rotatable bonds is 5. The van der Waals surface area contributed by atoms with Crippen molar-refractivity contribution in [2.45, 2.75) is 19.9 Å². The maximum absolute atomic E-state index is 13.3. The number of ether oxygens (including phenoxy) is 2. The lowest BCUT2D eigenvalue weighted by Crippen LogP contribution is -2.29. The molecule has 168 valence electrons. The van der Waals surface area contributed by atoms with E-state index < -0.39 is 17.7 Å². The molecule has 0 saturated carbocycles. The van der Waals surface area contributed by atoms with Crippen molar-refractivity contribution >= 4 is 23.1 Å². The van der Waals surface area contributed by atoms with Crippen molar-refractivity contribution in [3.63, 3.8) is 0 Å². The number of hydrogen-bond donors (Lipinski definition) is 1. The van der Waals surface area contributed by atoms with Gasteiger partial charge in [0.25, 0.3) is 11.7 Å². The highest BCUT2D eigenvalue weighted by molar-refractivity contribution is 6.52. The molecule has 0 radical (unpaired) electrons. The van der Waals surface area contributed by atoms with E-state index in [2.05, 4.69) is 0 Å². The van der Waals surface area contributed by atoms with Gasteiger partial charge in [-0.15, -0.1) is 0 Å². The quantitative estimate of drug-likeness (QED) is 0.343. The van der Waals surface area contributed by atoms with Crippen LogP contribution >= 0.6 is 0 Å². The normalized spacial score (nSPS) is 17.3. The van der Waals surface area contributed by atoms with E-state index in [1.807, 2.05) is 38.1 Å². The molecule has 1 unspecified atom stereocenters. The van der Waals surface area contributed by atoms with E-state index in [0.717, 1.165) is 11.1 Å². The van der Waals surface area contributed by atoms with E-state index in [4.69, 9.17) is 9.47 Å². The zero-order chi connectivity index (χ0) is 23.7. The molecule has 1 fully saturated rings.